The number of rotatable bonds is 4. The highest BCUT2D eigenvalue weighted by molar-refractivity contribution is 9.09. The van der Waals surface area contributed by atoms with Crippen LogP contribution in [0.4, 0.5) is 4.39 Å². The van der Waals surface area contributed by atoms with E-state index >= 15 is 0 Å². The van der Waals surface area contributed by atoms with E-state index < -0.39 is 23.5 Å². The van der Waals surface area contributed by atoms with Gasteiger partial charge in [0.2, 0.25) is 0 Å². The largest absolute Gasteiger partial charge is 0.507 e. The fourth-order valence-electron chi connectivity index (χ4n) is 2.97. The lowest BCUT2D eigenvalue weighted by Gasteiger charge is -2.24. The maximum atomic E-state index is 14.4. The van der Waals surface area contributed by atoms with Gasteiger partial charge in [-0.25, -0.2) is 4.39 Å². The van der Waals surface area contributed by atoms with Crippen molar-refractivity contribution in [3.63, 3.8) is 0 Å². The molecule has 2 aromatic carbocycles. The summed E-state index contributed by atoms with van der Waals surface area (Å²) in [6.45, 7) is 0.217. The highest BCUT2D eigenvalue weighted by atomic mass is 79.9. The molecule has 1 atom stereocenters. The fraction of sp³-hybridized carbons (Fsp3) is 0.158. The number of amides is 1. The highest BCUT2D eigenvalue weighted by Gasteiger charge is 2.46. The molecule has 0 spiro atoms. The van der Waals surface area contributed by atoms with Gasteiger partial charge in [0.05, 0.1) is 11.6 Å². The van der Waals surface area contributed by atoms with Crippen molar-refractivity contribution in [1.82, 2.24) is 4.90 Å². The van der Waals surface area contributed by atoms with E-state index in [1.165, 1.54) is 23.1 Å². The van der Waals surface area contributed by atoms with Gasteiger partial charge < -0.3 is 10.0 Å². The third kappa shape index (κ3) is 3.09. The van der Waals surface area contributed by atoms with Crippen LogP contribution in [0.25, 0.3) is 5.76 Å². The monoisotopic (exact) mass is 403 g/mol. The first kappa shape index (κ1) is 17.4. The maximum absolute atomic E-state index is 14.4. The van der Waals surface area contributed by atoms with Gasteiger partial charge in [-0.3, -0.25) is 9.59 Å². The van der Waals surface area contributed by atoms with Crippen LogP contribution in [0, 0.1) is 5.82 Å². The number of hydrogen-bond acceptors (Lipinski definition) is 3. The summed E-state index contributed by atoms with van der Waals surface area (Å²) in [6, 6.07) is 13.5. The normalized spacial score (nSPS) is 19.4. The average molecular weight is 404 g/mol. The molecule has 4 nitrogen and oxygen atoms in total. The molecule has 6 heteroatoms. The van der Waals surface area contributed by atoms with Gasteiger partial charge in [-0.05, 0) is 6.07 Å². The van der Waals surface area contributed by atoms with E-state index in [0.717, 1.165) is 0 Å². The standard InChI is InChI=1S/C19H15BrFNO3/c20-10-11-22-16(13-8-4-5-9-14(13)21)15(18(24)19(22)25)17(23)12-6-2-1-3-7-12/h1-9,16,23H,10-11H2/t16-/m1/s1. The van der Waals surface area contributed by atoms with Crippen molar-refractivity contribution in [1.29, 1.82) is 0 Å². The molecular formula is C19H15BrFNO3. The van der Waals surface area contributed by atoms with Crippen LogP contribution in [0.15, 0.2) is 60.2 Å². The van der Waals surface area contributed by atoms with Crippen LogP contribution in [-0.4, -0.2) is 33.6 Å². The van der Waals surface area contributed by atoms with Crippen molar-refractivity contribution in [2.45, 2.75) is 6.04 Å². The van der Waals surface area contributed by atoms with E-state index in [1.807, 2.05) is 0 Å². The second-order valence-corrected chi connectivity index (χ2v) is 6.36. The fourth-order valence-corrected chi connectivity index (χ4v) is 3.36. The van der Waals surface area contributed by atoms with E-state index in [2.05, 4.69) is 15.9 Å². The first-order valence-electron chi connectivity index (χ1n) is 7.70. The van der Waals surface area contributed by atoms with E-state index in [0.29, 0.717) is 10.9 Å². The number of benzene rings is 2. The number of ketones is 1. The minimum atomic E-state index is -0.959. The van der Waals surface area contributed by atoms with Crippen LogP contribution in [-0.2, 0) is 9.59 Å². The summed E-state index contributed by atoms with van der Waals surface area (Å²) in [7, 11) is 0. The number of hydrogen-bond donors (Lipinski definition) is 1. The molecule has 1 amide bonds. The third-order valence-corrected chi connectivity index (χ3v) is 4.47. The Hall–Kier alpha value is -2.47. The summed E-state index contributed by atoms with van der Waals surface area (Å²) in [5.74, 6) is -2.39. The summed E-state index contributed by atoms with van der Waals surface area (Å²) in [4.78, 5) is 26.3. The predicted molar refractivity (Wildman–Crippen MR) is 95.6 cm³/mol. The van der Waals surface area contributed by atoms with Crippen LogP contribution in [0.2, 0.25) is 0 Å². The molecule has 128 valence electrons. The molecule has 3 rings (SSSR count). The zero-order valence-electron chi connectivity index (χ0n) is 13.2. The number of halogens is 2. The minimum absolute atomic E-state index is 0.0951. The predicted octanol–water partition coefficient (Wildman–Crippen LogP) is 3.64. The molecule has 0 aliphatic carbocycles. The number of aliphatic hydroxyl groups excluding tert-OH is 1. The van der Waals surface area contributed by atoms with E-state index in [1.54, 1.807) is 36.4 Å². The summed E-state index contributed by atoms with van der Waals surface area (Å²) in [6.07, 6.45) is 0. The summed E-state index contributed by atoms with van der Waals surface area (Å²) in [5.41, 5.74) is 0.489. The lowest BCUT2D eigenvalue weighted by Crippen LogP contribution is -2.31. The topological polar surface area (TPSA) is 57.6 Å². The zero-order valence-corrected chi connectivity index (χ0v) is 14.7. The van der Waals surface area contributed by atoms with Crippen LogP contribution >= 0.6 is 15.9 Å². The highest BCUT2D eigenvalue weighted by Crippen LogP contribution is 2.40. The van der Waals surface area contributed by atoms with Gasteiger partial charge in [-0.1, -0.05) is 64.5 Å². The molecule has 1 fully saturated rings. The van der Waals surface area contributed by atoms with Crippen LogP contribution in [0.3, 0.4) is 0 Å². The first-order valence-corrected chi connectivity index (χ1v) is 8.82. The van der Waals surface area contributed by atoms with E-state index in [4.69, 9.17) is 0 Å². The molecule has 0 bridgehead atoms. The van der Waals surface area contributed by atoms with Crippen LogP contribution in [0.5, 0.6) is 0 Å². The summed E-state index contributed by atoms with van der Waals surface area (Å²) >= 11 is 3.25. The molecule has 1 N–H and O–H groups in total. The Morgan fingerprint density at radius 2 is 1.72 bits per heavy atom. The van der Waals surface area contributed by atoms with E-state index in [9.17, 15) is 19.1 Å². The van der Waals surface area contributed by atoms with E-state index in [-0.39, 0.29) is 23.4 Å². The average Bonchev–Trinajstić information content (AvgIpc) is 2.87. The third-order valence-electron chi connectivity index (χ3n) is 4.11. The molecule has 1 aliphatic rings. The number of alkyl halides is 1. The minimum Gasteiger partial charge on any atom is -0.507 e. The summed E-state index contributed by atoms with van der Waals surface area (Å²) < 4.78 is 14.4. The van der Waals surface area contributed by atoms with Crippen molar-refractivity contribution in [2.24, 2.45) is 0 Å². The molecule has 0 radical (unpaired) electrons. The van der Waals surface area contributed by atoms with Gasteiger partial charge in [-0.2, -0.15) is 0 Å². The molecule has 25 heavy (non-hydrogen) atoms. The second kappa shape index (κ2) is 7.19. The quantitative estimate of drug-likeness (QED) is 0.367. The van der Waals surface area contributed by atoms with Crippen LogP contribution in [0.1, 0.15) is 17.2 Å². The number of aliphatic hydroxyl groups is 1. The first-order chi connectivity index (χ1) is 12.1. The molecule has 1 heterocycles. The van der Waals surface area contributed by atoms with Gasteiger partial charge in [0.25, 0.3) is 11.7 Å². The van der Waals surface area contributed by atoms with Crippen molar-refractivity contribution >= 4 is 33.4 Å². The lowest BCUT2D eigenvalue weighted by molar-refractivity contribution is -0.139. The number of carbonyl (C=O) groups excluding carboxylic acids is 2. The Morgan fingerprint density at radius 1 is 1.08 bits per heavy atom. The lowest BCUT2D eigenvalue weighted by atomic mass is 9.95. The molecule has 1 saturated heterocycles. The van der Waals surface area contributed by atoms with Crippen molar-refractivity contribution in [2.75, 3.05) is 11.9 Å². The van der Waals surface area contributed by atoms with Gasteiger partial charge in [0, 0.05) is 23.0 Å². The number of carbonyl (C=O) groups is 2. The van der Waals surface area contributed by atoms with Crippen molar-refractivity contribution in [3.8, 4) is 0 Å². The Labute approximate surface area is 152 Å². The Balaban J connectivity index is 2.22. The number of likely N-dealkylation sites (tertiary alicyclic amines) is 1. The number of Topliss-reactive ketones (excluding diaryl/α,β-unsaturated/α-hetero) is 1. The van der Waals surface area contributed by atoms with Crippen molar-refractivity contribution < 1.29 is 19.1 Å². The Morgan fingerprint density at radius 3 is 2.36 bits per heavy atom. The molecule has 0 aromatic heterocycles. The Kier molecular flexibility index (Phi) is 4.99. The number of nitrogens with zero attached hydrogens (tertiary/aromatic N) is 1. The van der Waals surface area contributed by atoms with Crippen LogP contribution < -0.4 is 0 Å². The molecule has 0 unspecified atom stereocenters. The molecule has 0 saturated carbocycles. The van der Waals surface area contributed by atoms with Gasteiger partial charge >= 0.3 is 0 Å². The van der Waals surface area contributed by atoms with Gasteiger partial charge in [-0.15, -0.1) is 0 Å². The second-order valence-electron chi connectivity index (χ2n) is 5.57. The summed E-state index contributed by atoms with van der Waals surface area (Å²) in [5, 5.41) is 11.1. The Bertz CT molecular complexity index is 851. The van der Waals surface area contributed by atoms with Gasteiger partial charge in [0.1, 0.15) is 11.6 Å². The van der Waals surface area contributed by atoms with Gasteiger partial charge in [0.15, 0.2) is 0 Å². The SMILES string of the molecule is O=C1C(=O)N(CCBr)[C@H](c2ccccc2F)C1=C(O)c1ccccc1. The smallest absolute Gasteiger partial charge is 0.295 e. The molecule has 1 aliphatic heterocycles. The maximum Gasteiger partial charge on any atom is 0.295 e. The molecule has 2 aromatic rings. The zero-order chi connectivity index (χ0) is 18.0. The van der Waals surface area contributed by atoms with Crippen molar-refractivity contribution in [3.05, 3.63) is 77.1 Å². The molecular weight excluding hydrogens is 389 g/mol.